The van der Waals surface area contributed by atoms with Gasteiger partial charge in [0, 0.05) is 11.6 Å². The van der Waals surface area contributed by atoms with Crippen LogP contribution in [0.4, 0.5) is 5.69 Å². The average molecular weight is 443 g/mol. The third-order valence-electron chi connectivity index (χ3n) is 5.39. The molecule has 0 aromatic heterocycles. The maximum Gasteiger partial charge on any atom is 0.257 e. The molecule has 2 N–H and O–H groups in total. The number of nitrogens with two attached hydrogens (primary N) is 1. The maximum absolute atomic E-state index is 13.2. The van der Waals surface area contributed by atoms with E-state index in [4.69, 9.17) is 9.88 Å². The number of anilines is 1. The Labute approximate surface area is 179 Å². The largest absolute Gasteiger partial charge is 0.497 e. The Morgan fingerprint density at radius 2 is 1.68 bits per heavy atom. The van der Waals surface area contributed by atoms with Crippen molar-refractivity contribution in [2.24, 2.45) is 5.14 Å². The van der Waals surface area contributed by atoms with Gasteiger partial charge in [0.15, 0.2) is 0 Å². The zero-order valence-electron chi connectivity index (χ0n) is 16.7. The minimum atomic E-state index is -3.89. The summed E-state index contributed by atoms with van der Waals surface area (Å²) in [7, 11) is -2.37. The van der Waals surface area contributed by atoms with E-state index in [2.05, 4.69) is 0 Å². The SMILES string of the molecule is COc1ccc(C(=O)N(C2CC2)C2CC(=O)N(c3ccc(S(N)(=O)=O)cc3)C2=O)cc1. The number of rotatable bonds is 6. The summed E-state index contributed by atoms with van der Waals surface area (Å²) < 4.78 is 28.0. The number of amides is 3. The van der Waals surface area contributed by atoms with Crippen molar-refractivity contribution in [3.63, 3.8) is 0 Å². The Bertz CT molecular complexity index is 1140. The van der Waals surface area contributed by atoms with Gasteiger partial charge in [-0.3, -0.25) is 14.4 Å². The second-order valence-corrected chi connectivity index (χ2v) is 9.06. The van der Waals surface area contributed by atoms with Crippen LogP contribution in [0.5, 0.6) is 5.75 Å². The Morgan fingerprint density at radius 1 is 1.06 bits per heavy atom. The maximum atomic E-state index is 13.2. The van der Waals surface area contributed by atoms with E-state index in [-0.39, 0.29) is 29.0 Å². The third kappa shape index (κ3) is 4.04. The summed E-state index contributed by atoms with van der Waals surface area (Å²) in [6.45, 7) is 0. The van der Waals surface area contributed by atoms with Gasteiger partial charge in [0.25, 0.3) is 11.8 Å². The Balaban J connectivity index is 1.60. The van der Waals surface area contributed by atoms with Crippen LogP contribution in [0.25, 0.3) is 0 Å². The number of hydrogen-bond acceptors (Lipinski definition) is 6. The molecule has 1 saturated carbocycles. The minimum Gasteiger partial charge on any atom is -0.497 e. The monoisotopic (exact) mass is 443 g/mol. The van der Waals surface area contributed by atoms with Crippen LogP contribution in [0.3, 0.4) is 0 Å². The van der Waals surface area contributed by atoms with Crippen molar-refractivity contribution in [3.05, 3.63) is 54.1 Å². The van der Waals surface area contributed by atoms with Gasteiger partial charge in [-0.05, 0) is 61.4 Å². The lowest BCUT2D eigenvalue weighted by molar-refractivity contribution is -0.122. The number of imide groups is 1. The lowest BCUT2D eigenvalue weighted by atomic mass is 10.1. The highest BCUT2D eigenvalue weighted by atomic mass is 32.2. The smallest absolute Gasteiger partial charge is 0.257 e. The molecule has 2 aromatic carbocycles. The van der Waals surface area contributed by atoms with E-state index in [0.717, 1.165) is 17.7 Å². The molecule has 1 unspecified atom stereocenters. The number of carbonyl (C=O) groups is 3. The molecule has 1 aliphatic heterocycles. The van der Waals surface area contributed by atoms with Crippen LogP contribution in [0.1, 0.15) is 29.6 Å². The molecule has 162 valence electrons. The van der Waals surface area contributed by atoms with E-state index in [1.165, 1.54) is 36.3 Å². The van der Waals surface area contributed by atoms with Crippen molar-refractivity contribution < 1.29 is 27.5 Å². The van der Waals surface area contributed by atoms with Crippen molar-refractivity contribution in [2.75, 3.05) is 12.0 Å². The second kappa shape index (κ2) is 7.78. The molecule has 3 amide bonds. The molecular weight excluding hydrogens is 422 g/mol. The lowest BCUT2D eigenvalue weighted by Crippen LogP contribution is -2.46. The van der Waals surface area contributed by atoms with Crippen molar-refractivity contribution >= 4 is 33.4 Å². The zero-order valence-corrected chi connectivity index (χ0v) is 17.5. The molecule has 2 fully saturated rings. The molecule has 0 radical (unpaired) electrons. The number of hydrogen-bond donors (Lipinski definition) is 1. The third-order valence-corrected chi connectivity index (χ3v) is 6.32. The average Bonchev–Trinajstić information content (AvgIpc) is 3.53. The molecule has 4 rings (SSSR count). The first kappa shape index (κ1) is 21.0. The molecule has 31 heavy (non-hydrogen) atoms. The van der Waals surface area contributed by atoms with E-state index in [9.17, 15) is 22.8 Å². The molecule has 2 aromatic rings. The predicted molar refractivity (Wildman–Crippen MR) is 111 cm³/mol. The molecule has 1 heterocycles. The summed E-state index contributed by atoms with van der Waals surface area (Å²) in [6, 6.07) is 10.8. The molecule has 1 saturated heterocycles. The van der Waals surface area contributed by atoms with Gasteiger partial charge in [-0.15, -0.1) is 0 Å². The Hall–Kier alpha value is -3.24. The number of primary sulfonamides is 1. The molecule has 1 atom stereocenters. The summed E-state index contributed by atoms with van der Waals surface area (Å²) in [5.74, 6) is -0.674. The van der Waals surface area contributed by atoms with Crippen LogP contribution in [-0.4, -0.2) is 50.2 Å². The second-order valence-electron chi connectivity index (χ2n) is 7.50. The van der Waals surface area contributed by atoms with Gasteiger partial charge in [-0.25, -0.2) is 18.5 Å². The van der Waals surface area contributed by atoms with E-state index in [1.807, 2.05) is 0 Å². The van der Waals surface area contributed by atoms with Gasteiger partial charge < -0.3 is 9.64 Å². The van der Waals surface area contributed by atoms with E-state index in [1.54, 1.807) is 24.3 Å². The highest BCUT2D eigenvalue weighted by molar-refractivity contribution is 7.89. The molecular formula is C21H21N3O6S. The summed E-state index contributed by atoms with van der Waals surface area (Å²) in [6.07, 6.45) is 1.40. The summed E-state index contributed by atoms with van der Waals surface area (Å²) in [5, 5.41) is 5.10. The van der Waals surface area contributed by atoms with Crippen molar-refractivity contribution in [1.82, 2.24) is 4.90 Å². The van der Waals surface area contributed by atoms with Gasteiger partial charge in [0.1, 0.15) is 11.8 Å². The first-order valence-electron chi connectivity index (χ1n) is 9.67. The summed E-state index contributed by atoms with van der Waals surface area (Å²) >= 11 is 0. The number of methoxy groups -OCH3 is 1. The van der Waals surface area contributed by atoms with Gasteiger partial charge in [-0.1, -0.05) is 0 Å². The van der Waals surface area contributed by atoms with E-state index in [0.29, 0.717) is 11.3 Å². The summed E-state index contributed by atoms with van der Waals surface area (Å²) in [5.41, 5.74) is 0.640. The zero-order chi connectivity index (χ0) is 22.3. The molecule has 1 aliphatic carbocycles. The predicted octanol–water partition coefficient (Wildman–Crippen LogP) is 1.28. The highest BCUT2D eigenvalue weighted by Gasteiger charge is 2.48. The fourth-order valence-corrected chi connectivity index (χ4v) is 4.20. The standard InChI is InChI=1S/C21H21N3O6S/c1-30-16-8-2-13(3-9-16)20(26)23(14-4-5-14)18-12-19(25)24(21(18)27)15-6-10-17(11-7-15)31(22,28)29/h2-3,6-11,14,18H,4-5,12H2,1H3,(H2,22,28,29). The fourth-order valence-electron chi connectivity index (χ4n) is 3.69. The van der Waals surface area contributed by atoms with Gasteiger partial charge in [-0.2, -0.15) is 0 Å². The van der Waals surface area contributed by atoms with E-state index >= 15 is 0 Å². The molecule has 0 spiro atoms. The van der Waals surface area contributed by atoms with Crippen LogP contribution >= 0.6 is 0 Å². The van der Waals surface area contributed by atoms with Gasteiger partial charge >= 0.3 is 0 Å². The topological polar surface area (TPSA) is 127 Å². The van der Waals surface area contributed by atoms with Crippen LogP contribution in [0.2, 0.25) is 0 Å². The quantitative estimate of drug-likeness (QED) is 0.670. The highest BCUT2D eigenvalue weighted by Crippen LogP contribution is 2.35. The first-order valence-corrected chi connectivity index (χ1v) is 11.2. The Kier molecular flexibility index (Phi) is 5.28. The lowest BCUT2D eigenvalue weighted by Gasteiger charge is -2.27. The van der Waals surface area contributed by atoms with Crippen LogP contribution < -0.4 is 14.8 Å². The number of sulfonamides is 1. The molecule has 2 aliphatic rings. The Morgan fingerprint density at radius 3 is 2.19 bits per heavy atom. The molecule has 0 bridgehead atoms. The van der Waals surface area contributed by atoms with Crippen LogP contribution in [-0.2, 0) is 19.6 Å². The van der Waals surface area contributed by atoms with Crippen molar-refractivity contribution in [1.29, 1.82) is 0 Å². The van der Waals surface area contributed by atoms with Crippen molar-refractivity contribution in [3.8, 4) is 5.75 Å². The number of ether oxygens (including phenoxy) is 1. The number of benzene rings is 2. The van der Waals surface area contributed by atoms with Crippen LogP contribution in [0.15, 0.2) is 53.4 Å². The van der Waals surface area contributed by atoms with Gasteiger partial charge in [0.2, 0.25) is 15.9 Å². The molecule has 9 nitrogen and oxygen atoms in total. The molecule has 10 heteroatoms. The normalized spacial score (nSPS) is 18.9. The van der Waals surface area contributed by atoms with Gasteiger partial charge in [0.05, 0.1) is 24.1 Å². The van der Waals surface area contributed by atoms with E-state index < -0.39 is 27.9 Å². The summed E-state index contributed by atoms with van der Waals surface area (Å²) in [4.78, 5) is 41.4. The van der Waals surface area contributed by atoms with Crippen molar-refractivity contribution in [2.45, 2.75) is 36.2 Å². The first-order chi connectivity index (χ1) is 14.7. The minimum absolute atomic E-state index is 0.0962. The number of carbonyl (C=O) groups excluding carboxylic acids is 3. The fraction of sp³-hybridized carbons (Fsp3) is 0.286. The number of nitrogens with zero attached hydrogens (tertiary/aromatic N) is 2. The van der Waals surface area contributed by atoms with Crippen LogP contribution in [0, 0.1) is 0 Å².